The van der Waals surface area contributed by atoms with E-state index in [9.17, 15) is 0 Å². The molecule has 0 saturated heterocycles. The van der Waals surface area contributed by atoms with E-state index in [0.29, 0.717) is 55.1 Å². The molecule has 0 heterocycles. The van der Waals surface area contributed by atoms with Crippen LogP contribution in [-0.4, -0.2) is 56.9 Å². The minimum atomic E-state index is 0.484. The highest BCUT2D eigenvalue weighted by molar-refractivity contribution is 5.79. The van der Waals surface area contributed by atoms with Crippen LogP contribution >= 0.6 is 0 Å². The maximum Gasteiger partial charge on any atom is 0.122 e. The Labute approximate surface area is 394 Å². The molecule has 0 aliphatic heterocycles. The lowest BCUT2D eigenvalue weighted by atomic mass is 9.85. The van der Waals surface area contributed by atoms with E-state index in [1.165, 1.54) is 0 Å². The van der Waals surface area contributed by atoms with Gasteiger partial charge in [-0.25, -0.2) is 0 Å². The van der Waals surface area contributed by atoms with Crippen LogP contribution in [0.3, 0.4) is 0 Å². The van der Waals surface area contributed by atoms with E-state index >= 15 is 0 Å². The van der Waals surface area contributed by atoms with Crippen LogP contribution in [0.25, 0.3) is 22.3 Å². The lowest BCUT2D eigenvalue weighted by Crippen LogP contribution is -2.04. The summed E-state index contributed by atoms with van der Waals surface area (Å²) in [6.45, 7) is 0. The number of hydrogen-bond donors (Lipinski definition) is 0. The van der Waals surface area contributed by atoms with Gasteiger partial charge in [-0.3, -0.25) is 0 Å². The lowest BCUT2D eigenvalue weighted by Gasteiger charge is -2.21. The topological polar surface area (TPSA) is 73.8 Å². The van der Waals surface area contributed by atoms with Gasteiger partial charge in [0.1, 0.15) is 46.0 Å². The van der Waals surface area contributed by atoms with Crippen molar-refractivity contribution in [1.29, 1.82) is 0 Å². The smallest absolute Gasteiger partial charge is 0.122 e. The molecule has 0 amide bonds. The van der Waals surface area contributed by atoms with Gasteiger partial charge in [0.2, 0.25) is 0 Å². The van der Waals surface area contributed by atoms with E-state index in [4.69, 9.17) is 50.7 Å². The molecule has 0 fully saturated rings. The molecule has 0 saturated carbocycles. The van der Waals surface area contributed by atoms with Gasteiger partial charge < -0.3 is 37.9 Å². The highest BCUT2D eigenvalue weighted by Crippen LogP contribution is 2.43. The first kappa shape index (κ1) is 45.6. The summed E-state index contributed by atoms with van der Waals surface area (Å²) in [6, 6.07) is 37.2. The average Bonchev–Trinajstić information content (AvgIpc) is 3.37. The summed E-state index contributed by atoms with van der Waals surface area (Å²) in [6.07, 6.45) is 14.2. The van der Waals surface area contributed by atoms with Crippen molar-refractivity contribution < 1.29 is 37.9 Å². The number of rotatable bonds is 10. The second kappa shape index (κ2) is 20.1. The van der Waals surface area contributed by atoms with Gasteiger partial charge in [0.25, 0.3) is 0 Å². The standard InChI is InChI=1S/C59H54O8/c1-11-36-13-17-38(18-14-36)50-26-41-22-43-29-55(63-6)45(31-53(43)61-4)24-47-33-59(67-10)49(35-57(47)65-8)25-48-34-56(64-7)46(32-58(48)66-9)23-44-30-52(60-3)42(28-54(44)62-5)21-40(50)27-51(41)39-19-15-37(12-2)16-20-39/h1-2,13-20,26-35H,21-25H2,3-10H3. The maximum absolute atomic E-state index is 6.20. The fourth-order valence-corrected chi connectivity index (χ4v) is 9.24. The highest BCUT2D eigenvalue weighted by Gasteiger charge is 2.23. The minimum absolute atomic E-state index is 0.484. The first-order chi connectivity index (χ1) is 32.7. The third-order valence-electron chi connectivity index (χ3n) is 12.7. The van der Waals surface area contributed by atoms with E-state index in [-0.39, 0.29) is 0 Å². The maximum atomic E-state index is 6.20. The molecule has 10 bridgehead atoms. The SMILES string of the molecule is C#Cc1ccc(-c2cc3c(-c4ccc(C#C)cc4)cc2Cc2cc(OC)c(cc2OC)Cc2cc(OC)c(cc2OC)Cc2cc(OC)c(cc2OC)Cc2cc(OC)c(cc2OC)C3)cc1. The molecule has 0 unspecified atom stereocenters. The molecular formula is C59H54O8. The van der Waals surface area contributed by atoms with Gasteiger partial charge in [0.15, 0.2) is 0 Å². The van der Waals surface area contributed by atoms with Gasteiger partial charge >= 0.3 is 0 Å². The van der Waals surface area contributed by atoms with Crippen molar-refractivity contribution in [2.24, 2.45) is 0 Å². The van der Waals surface area contributed by atoms with Crippen molar-refractivity contribution in [2.45, 2.75) is 32.1 Å². The van der Waals surface area contributed by atoms with Gasteiger partial charge in [0, 0.05) is 87.7 Å². The van der Waals surface area contributed by atoms with Gasteiger partial charge in [-0.1, -0.05) is 36.1 Å². The number of methoxy groups -OCH3 is 8. The van der Waals surface area contributed by atoms with Crippen molar-refractivity contribution in [3.8, 4) is 92.9 Å². The summed E-state index contributed by atoms with van der Waals surface area (Å²) in [5.41, 5.74) is 15.3. The Bertz CT molecular complexity index is 2830. The van der Waals surface area contributed by atoms with Crippen LogP contribution in [0.5, 0.6) is 46.0 Å². The number of terminal acetylenes is 2. The highest BCUT2D eigenvalue weighted by atomic mass is 16.5. The Morgan fingerprint density at radius 3 is 0.657 bits per heavy atom. The average molecular weight is 891 g/mol. The van der Waals surface area contributed by atoms with Gasteiger partial charge in [-0.05, 0) is 118 Å². The van der Waals surface area contributed by atoms with Gasteiger partial charge in [-0.2, -0.15) is 0 Å². The van der Waals surface area contributed by atoms with Crippen LogP contribution in [0.2, 0.25) is 0 Å². The summed E-state index contributed by atoms with van der Waals surface area (Å²) in [7, 11) is 13.5. The molecule has 8 heteroatoms. The largest absolute Gasteiger partial charge is 0.496 e. The Morgan fingerprint density at radius 1 is 0.284 bits per heavy atom. The zero-order valence-corrected chi connectivity index (χ0v) is 39.3. The van der Waals surface area contributed by atoms with Crippen molar-refractivity contribution in [2.75, 3.05) is 56.9 Å². The molecule has 8 nitrogen and oxygen atoms in total. The normalized spacial score (nSPS) is 11.9. The quantitative estimate of drug-likeness (QED) is 0.126. The van der Waals surface area contributed by atoms with Crippen LogP contribution < -0.4 is 37.9 Å². The van der Waals surface area contributed by atoms with E-state index in [1.807, 2.05) is 48.5 Å². The molecule has 17 rings (SSSR count). The summed E-state index contributed by atoms with van der Waals surface area (Å²) in [5, 5.41) is 0. The summed E-state index contributed by atoms with van der Waals surface area (Å²) in [5.74, 6) is 11.3. The molecule has 0 atom stereocenters. The Morgan fingerprint density at radius 2 is 0.478 bits per heavy atom. The number of hydrogen-bond acceptors (Lipinski definition) is 8. The van der Waals surface area contributed by atoms with Gasteiger partial charge in [0.05, 0.1) is 56.9 Å². The molecule has 0 radical (unpaired) electrons. The lowest BCUT2D eigenvalue weighted by molar-refractivity contribution is 0.389. The van der Waals surface area contributed by atoms with E-state index in [2.05, 4.69) is 72.5 Å². The monoisotopic (exact) mass is 890 g/mol. The second-order valence-corrected chi connectivity index (χ2v) is 16.4. The molecule has 0 spiro atoms. The van der Waals surface area contributed by atoms with Crippen LogP contribution in [0, 0.1) is 24.7 Å². The molecule has 338 valence electrons. The predicted octanol–water partition coefficient (Wildman–Crippen LogP) is 11.3. The summed E-state index contributed by atoms with van der Waals surface area (Å²) >= 11 is 0. The number of ether oxygens (including phenoxy) is 8. The van der Waals surface area contributed by atoms with Crippen molar-refractivity contribution >= 4 is 0 Å². The summed E-state index contributed by atoms with van der Waals surface area (Å²) in [4.78, 5) is 0. The molecule has 10 aliphatic rings. The molecular weight excluding hydrogens is 837 g/mol. The molecule has 0 N–H and O–H groups in total. The van der Waals surface area contributed by atoms with E-state index < -0.39 is 0 Å². The third kappa shape index (κ3) is 9.30. The van der Waals surface area contributed by atoms with Crippen molar-refractivity contribution in [3.05, 3.63) is 176 Å². The van der Waals surface area contributed by atoms with Crippen LogP contribution in [0.15, 0.2) is 109 Å². The van der Waals surface area contributed by atoms with Crippen molar-refractivity contribution in [1.82, 2.24) is 0 Å². The Kier molecular flexibility index (Phi) is 13.7. The van der Waals surface area contributed by atoms with Crippen LogP contribution in [0.4, 0.5) is 0 Å². The zero-order chi connectivity index (χ0) is 47.2. The Hall–Kier alpha value is -7.94. The van der Waals surface area contributed by atoms with Crippen LogP contribution in [0.1, 0.15) is 66.8 Å². The minimum Gasteiger partial charge on any atom is -0.496 e. The fourth-order valence-electron chi connectivity index (χ4n) is 9.24. The fraction of sp³-hybridized carbons (Fsp3) is 0.220. The molecule has 67 heavy (non-hydrogen) atoms. The molecule has 7 aromatic rings. The summed E-state index contributed by atoms with van der Waals surface area (Å²) < 4.78 is 49.0. The molecule has 0 aromatic heterocycles. The van der Waals surface area contributed by atoms with Crippen LogP contribution in [-0.2, 0) is 32.1 Å². The molecule has 10 aliphatic carbocycles. The first-order valence-corrected chi connectivity index (χ1v) is 21.9. The third-order valence-corrected chi connectivity index (χ3v) is 12.7. The van der Waals surface area contributed by atoms with E-state index in [0.717, 1.165) is 112 Å². The predicted molar refractivity (Wildman–Crippen MR) is 265 cm³/mol. The van der Waals surface area contributed by atoms with Crippen molar-refractivity contribution in [3.63, 3.8) is 0 Å². The zero-order valence-electron chi connectivity index (χ0n) is 39.3. The van der Waals surface area contributed by atoms with E-state index in [1.54, 1.807) is 56.9 Å². The number of benzene rings is 7. The molecule has 7 aromatic carbocycles. The second-order valence-electron chi connectivity index (χ2n) is 16.4. The Balaban J connectivity index is 1.42. The van der Waals surface area contributed by atoms with Gasteiger partial charge in [-0.15, -0.1) is 12.8 Å². The first-order valence-electron chi connectivity index (χ1n) is 21.9.